The van der Waals surface area contributed by atoms with Gasteiger partial charge >= 0.3 is 6.01 Å². The molecule has 0 spiro atoms. The number of ether oxygens (including phenoxy) is 1. The summed E-state index contributed by atoms with van der Waals surface area (Å²) in [5, 5.41) is 11.2. The lowest BCUT2D eigenvalue weighted by Gasteiger charge is -2.34. The van der Waals surface area contributed by atoms with Crippen molar-refractivity contribution in [1.82, 2.24) is 9.97 Å². The van der Waals surface area contributed by atoms with Crippen LogP contribution in [0.25, 0.3) is 32.1 Å². The summed E-state index contributed by atoms with van der Waals surface area (Å²) in [6.07, 6.45) is 3.20. The Balaban J connectivity index is 2.00. The van der Waals surface area contributed by atoms with E-state index in [1.165, 1.54) is 17.4 Å². The molecule has 0 saturated carbocycles. The van der Waals surface area contributed by atoms with E-state index in [4.69, 9.17) is 9.72 Å². The van der Waals surface area contributed by atoms with Crippen molar-refractivity contribution in [3.8, 4) is 23.2 Å². The molecule has 0 aliphatic heterocycles. The van der Waals surface area contributed by atoms with Crippen LogP contribution in [-0.4, -0.2) is 29.7 Å². The lowest BCUT2D eigenvalue weighted by atomic mass is 9.91. The number of benzene rings is 2. The molecule has 0 amide bonds. The summed E-state index contributed by atoms with van der Waals surface area (Å²) >= 11 is 1.26. The van der Waals surface area contributed by atoms with Crippen molar-refractivity contribution in [3.05, 3.63) is 45.8 Å². The van der Waals surface area contributed by atoms with Crippen molar-refractivity contribution in [3.63, 3.8) is 0 Å². The minimum absolute atomic E-state index is 0.0284. The molecule has 5 nitrogen and oxygen atoms in total. The van der Waals surface area contributed by atoms with Crippen molar-refractivity contribution in [2.45, 2.75) is 86.6 Å². The fourth-order valence-electron chi connectivity index (χ4n) is 5.82. The number of thiophene rings is 1. The second-order valence-electron chi connectivity index (χ2n) is 12.0. The summed E-state index contributed by atoms with van der Waals surface area (Å²) in [5.74, 6) is 0.665. The van der Waals surface area contributed by atoms with Crippen LogP contribution >= 0.6 is 11.3 Å². The quantitative estimate of drug-likeness (QED) is 0.173. The molecular weight excluding hydrogens is 550 g/mol. The van der Waals surface area contributed by atoms with E-state index < -0.39 is 11.6 Å². The van der Waals surface area contributed by atoms with Gasteiger partial charge in [0.05, 0.1) is 16.9 Å². The van der Waals surface area contributed by atoms with Gasteiger partial charge in [0.2, 0.25) is 0 Å². The van der Waals surface area contributed by atoms with Crippen LogP contribution in [0.15, 0.2) is 18.2 Å². The molecular formula is C34H42F2N4OS. The highest BCUT2D eigenvalue weighted by Crippen LogP contribution is 2.45. The van der Waals surface area contributed by atoms with Crippen LogP contribution in [0.5, 0.6) is 6.01 Å². The second-order valence-corrected chi connectivity index (χ2v) is 13.0. The average Bonchev–Trinajstić information content (AvgIpc) is 3.35. The van der Waals surface area contributed by atoms with Gasteiger partial charge in [-0.05, 0) is 67.7 Å². The Kier molecular flexibility index (Phi) is 9.72. The highest BCUT2D eigenvalue weighted by Gasteiger charge is 2.28. The Hall–Kier alpha value is -3.31. The number of anilines is 1. The van der Waals surface area contributed by atoms with E-state index in [9.17, 15) is 5.26 Å². The van der Waals surface area contributed by atoms with Gasteiger partial charge in [0.25, 0.3) is 0 Å². The lowest BCUT2D eigenvalue weighted by molar-refractivity contribution is 0.313. The van der Waals surface area contributed by atoms with E-state index in [0.717, 1.165) is 24.1 Å². The molecule has 0 saturated heterocycles. The van der Waals surface area contributed by atoms with Crippen LogP contribution in [0.3, 0.4) is 0 Å². The predicted octanol–water partition coefficient (Wildman–Crippen LogP) is 9.78. The van der Waals surface area contributed by atoms with Gasteiger partial charge in [0.1, 0.15) is 23.2 Å². The third-order valence-corrected chi connectivity index (χ3v) is 9.84. The van der Waals surface area contributed by atoms with Gasteiger partial charge in [-0.15, -0.1) is 11.3 Å². The number of nitrogens with zero attached hydrogens (tertiary/aromatic N) is 4. The maximum Gasteiger partial charge on any atom is 0.319 e. The van der Waals surface area contributed by atoms with Gasteiger partial charge in [-0.25, -0.2) is 8.78 Å². The van der Waals surface area contributed by atoms with E-state index in [1.54, 1.807) is 6.07 Å². The first-order chi connectivity index (χ1) is 19.9. The minimum Gasteiger partial charge on any atom is -0.464 e. The topological polar surface area (TPSA) is 62.0 Å². The first-order valence-corrected chi connectivity index (χ1v) is 15.8. The van der Waals surface area contributed by atoms with E-state index in [0.29, 0.717) is 62.0 Å². The summed E-state index contributed by atoms with van der Waals surface area (Å²) < 4.78 is 38.0. The molecule has 2 aromatic heterocycles. The predicted molar refractivity (Wildman–Crippen MR) is 171 cm³/mol. The van der Waals surface area contributed by atoms with E-state index in [-0.39, 0.29) is 23.5 Å². The highest BCUT2D eigenvalue weighted by molar-refractivity contribution is 7.19. The molecule has 0 aliphatic rings. The van der Waals surface area contributed by atoms with Crippen molar-refractivity contribution < 1.29 is 13.5 Å². The van der Waals surface area contributed by atoms with Crippen molar-refractivity contribution in [2.24, 2.45) is 11.8 Å². The van der Waals surface area contributed by atoms with Crippen LogP contribution in [-0.2, 0) is 0 Å². The number of halogens is 2. The van der Waals surface area contributed by atoms with Gasteiger partial charge in [-0.1, -0.05) is 54.0 Å². The monoisotopic (exact) mass is 592 g/mol. The summed E-state index contributed by atoms with van der Waals surface area (Å²) in [7, 11) is 2.02. The summed E-state index contributed by atoms with van der Waals surface area (Å²) in [5.41, 5.74) is 2.01. The Bertz CT molecular complexity index is 1640. The first kappa shape index (κ1) is 31.6. The maximum atomic E-state index is 16.8. The summed E-state index contributed by atoms with van der Waals surface area (Å²) in [6.45, 7) is 16.9. The number of hydrogen-bond acceptors (Lipinski definition) is 6. The Morgan fingerprint density at radius 3 is 2.38 bits per heavy atom. The van der Waals surface area contributed by atoms with Crippen LogP contribution < -0.4 is 9.64 Å². The SMILES string of the molecule is CCOc1nc(N(C)C(CCC(C)CC)C(C)C)c2cc(C)c(-c3ccc(F)c4sc(C(C)C)c(C#N)c34)c(F)c2n1. The van der Waals surface area contributed by atoms with Crippen LogP contribution in [0.4, 0.5) is 14.6 Å². The molecule has 42 heavy (non-hydrogen) atoms. The molecule has 2 atom stereocenters. The zero-order chi connectivity index (χ0) is 30.9. The largest absolute Gasteiger partial charge is 0.464 e. The molecule has 0 radical (unpaired) electrons. The molecule has 2 unspecified atom stereocenters. The second kappa shape index (κ2) is 12.9. The van der Waals surface area contributed by atoms with Crippen LogP contribution in [0, 0.1) is 41.7 Å². The van der Waals surface area contributed by atoms with Gasteiger partial charge in [0, 0.05) is 34.3 Å². The molecule has 8 heteroatoms. The number of hydrogen-bond donors (Lipinski definition) is 0. The molecule has 0 fully saturated rings. The normalized spacial score (nSPS) is 13.2. The minimum atomic E-state index is -0.530. The molecule has 4 rings (SSSR count). The van der Waals surface area contributed by atoms with Crippen LogP contribution in [0.1, 0.15) is 89.7 Å². The molecule has 224 valence electrons. The summed E-state index contributed by atoms with van der Waals surface area (Å²) in [6, 6.07) is 7.43. The number of fused-ring (bicyclic) bond motifs is 2. The number of aromatic nitrogens is 2. The van der Waals surface area contributed by atoms with Gasteiger partial charge in [0.15, 0.2) is 5.82 Å². The van der Waals surface area contributed by atoms with Gasteiger partial charge in [-0.2, -0.15) is 15.2 Å². The standard InChI is InChI=1S/C34H42F2N4OS/c1-10-20(7)12-15-26(18(3)4)40(9)33-23-16-21(8)27(29(36)30(23)38-34(39-33)41-11-2)22-13-14-25(35)32-28(22)24(17-37)31(42-32)19(5)6/h13-14,16,18-20,26H,10-12,15H2,1-9H3. The first-order valence-electron chi connectivity index (χ1n) is 15.0. The maximum absolute atomic E-state index is 16.8. The zero-order valence-corrected chi connectivity index (χ0v) is 27.0. The molecule has 0 aliphatic carbocycles. The number of nitriles is 1. The Labute approximate surface area is 252 Å². The van der Waals surface area contributed by atoms with Gasteiger partial charge in [-0.3, -0.25) is 0 Å². The van der Waals surface area contributed by atoms with E-state index >= 15 is 8.78 Å². The van der Waals surface area contributed by atoms with Gasteiger partial charge < -0.3 is 9.64 Å². The number of rotatable bonds is 11. The fraction of sp³-hybridized carbons (Fsp3) is 0.500. The Morgan fingerprint density at radius 1 is 1.07 bits per heavy atom. The molecule has 2 heterocycles. The van der Waals surface area contributed by atoms with Crippen molar-refractivity contribution in [1.29, 1.82) is 5.26 Å². The molecule has 0 N–H and O–H groups in total. The lowest BCUT2D eigenvalue weighted by Crippen LogP contribution is -2.37. The highest BCUT2D eigenvalue weighted by atomic mass is 32.1. The molecule has 0 bridgehead atoms. The molecule has 2 aromatic carbocycles. The third-order valence-electron chi connectivity index (χ3n) is 8.34. The average molecular weight is 593 g/mol. The number of aryl methyl sites for hydroxylation is 1. The molecule has 4 aromatic rings. The van der Waals surface area contributed by atoms with Crippen LogP contribution in [0.2, 0.25) is 0 Å². The Morgan fingerprint density at radius 2 is 1.79 bits per heavy atom. The van der Waals surface area contributed by atoms with E-state index in [1.807, 2.05) is 40.8 Å². The van der Waals surface area contributed by atoms with Crippen molar-refractivity contribution in [2.75, 3.05) is 18.6 Å². The third kappa shape index (κ3) is 5.81. The van der Waals surface area contributed by atoms with E-state index in [2.05, 4.69) is 43.6 Å². The fourth-order valence-corrected chi connectivity index (χ4v) is 7.00. The summed E-state index contributed by atoms with van der Waals surface area (Å²) in [4.78, 5) is 12.2. The smallest absolute Gasteiger partial charge is 0.319 e. The zero-order valence-electron chi connectivity index (χ0n) is 26.2. The van der Waals surface area contributed by atoms with Crippen molar-refractivity contribution >= 4 is 38.1 Å².